The topological polar surface area (TPSA) is 96.5 Å². The van der Waals surface area contributed by atoms with E-state index in [0.29, 0.717) is 12.1 Å². The van der Waals surface area contributed by atoms with Gasteiger partial charge in [-0.15, -0.1) is 0 Å². The second-order valence-electron chi connectivity index (χ2n) is 7.22. The Labute approximate surface area is 180 Å². The molecular weight excluding hydrogens is 388 g/mol. The SMILES string of the molecule is Cc1cc(-c2ncc(CNC(=O)n3cc(-c4cccc(C#N)c4)cn3)cc2C)ccn1. The van der Waals surface area contributed by atoms with Gasteiger partial charge in [0.25, 0.3) is 0 Å². The number of aromatic nitrogens is 4. The number of carbonyl (C=O) groups excluding carboxylic acids is 1. The van der Waals surface area contributed by atoms with Crippen molar-refractivity contribution in [1.82, 2.24) is 25.1 Å². The molecule has 1 amide bonds. The summed E-state index contributed by atoms with van der Waals surface area (Å²) in [4.78, 5) is 21.3. The lowest BCUT2D eigenvalue weighted by Crippen LogP contribution is -2.28. The van der Waals surface area contributed by atoms with Gasteiger partial charge >= 0.3 is 6.03 Å². The van der Waals surface area contributed by atoms with Crippen LogP contribution in [-0.2, 0) is 6.54 Å². The first-order chi connectivity index (χ1) is 15.0. The van der Waals surface area contributed by atoms with Gasteiger partial charge in [-0.1, -0.05) is 18.2 Å². The van der Waals surface area contributed by atoms with E-state index in [1.807, 2.05) is 38.1 Å². The Balaban J connectivity index is 1.44. The maximum atomic E-state index is 12.5. The van der Waals surface area contributed by atoms with Crippen LogP contribution in [0.3, 0.4) is 0 Å². The van der Waals surface area contributed by atoms with Crippen molar-refractivity contribution in [3.05, 3.63) is 89.6 Å². The number of nitrogens with zero attached hydrogens (tertiary/aromatic N) is 5. The van der Waals surface area contributed by atoms with Crippen molar-refractivity contribution >= 4 is 6.03 Å². The maximum Gasteiger partial charge on any atom is 0.342 e. The minimum Gasteiger partial charge on any atom is -0.332 e. The first-order valence-electron chi connectivity index (χ1n) is 9.75. The van der Waals surface area contributed by atoms with Crippen LogP contribution in [0.2, 0.25) is 0 Å². The van der Waals surface area contributed by atoms with Gasteiger partial charge in [0.05, 0.1) is 23.5 Å². The zero-order valence-electron chi connectivity index (χ0n) is 17.2. The van der Waals surface area contributed by atoms with Gasteiger partial charge in [0, 0.05) is 42.0 Å². The number of rotatable bonds is 4. The van der Waals surface area contributed by atoms with E-state index in [9.17, 15) is 4.79 Å². The standard InChI is InChI=1S/C24H20N6O/c1-16-8-19(12-27-23(16)21-6-7-26-17(2)9-21)13-28-24(31)30-15-22(14-29-30)20-5-3-4-18(10-20)11-25/h3-10,12,14-15H,13H2,1-2H3,(H,28,31). The van der Waals surface area contributed by atoms with Crippen LogP contribution in [0, 0.1) is 25.2 Å². The molecule has 3 heterocycles. The van der Waals surface area contributed by atoms with E-state index in [1.54, 1.807) is 43.0 Å². The number of carbonyl (C=O) groups is 1. The fourth-order valence-corrected chi connectivity index (χ4v) is 3.33. The van der Waals surface area contributed by atoms with E-state index in [4.69, 9.17) is 5.26 Å². The molecule has 0 spiro atoms. The van der Waals surface area contributed by atoms with Gasteiger partial charge in [0.1, 0.15) is 0 Å². The van der Waals surface area contributed by atoms with Crippen LogP contribution in [0.4, 0.5) is 4.79 Å². The van der Waals surface area contributed by atoms with Crippen LogP contribution in [0.25, 0.3) is 22.4 Å². The Morgan fingerprint density at radius 1 is 1.06 bits per heavy atom. The largest absolute Gasteiger partial charge is 0.342 e. The number of nitrogens with one attached hydrogen (secondary N) is 1. The summed E-state index contributed by atoms with van der Waals surface area (Å²) < 4.78 is 1.25. The van der Waals surface area contributed by atoms with Crippen molar-refractivity contribution in [2.24, 2.45) is 0 Å². The monoisotopic (exact) mass is 408 g/mol. The molecule has 0 aliphatic rings. The second-order valence-corrected chi connectivity index (χ2v) is 7.22. The van der Waals surface area contributed by atoms with Gasteiger partial charge in [0.2, 0.25) is 0 Å². The molecule has 0 fully saturated rings. The zero-order valence-corrected chi connectivity index (χ0v) is 17.2. The highest BCUT2D eigenvalue weighted by molar-refractivity contribution is 5.77. The lowest BCUT2D eigenvalue weighted by molar-refractivity contribution is 0.239. The van der Waals surface area contributed by atoms with Crippen LogP contribution < -0.4 is 5.32 Å². The van der Waals surface area contributed by atoms with Crippen molar-refractivity contribution in [3.8, 4) is 28.5 Å². The maximum absolute atomic E-state index is 12.5. The molecule has 0 radical (unpaired) electrons. The fraction of sp³-hybridized carbons (Fsp3) is 0.125. The highest BCUT2D eigenvalue weighted by atomic mass is 16.2. The zero-order chi connectivity index (χ0) is 21.8. The van der Waals surface area contributed by atoms with Crippen molar-refractivity contribution in [3.63, 3.8) is 0 Å². The van der Waals surface area contributed by atoms with Crippen molar-refractivity contribution in [2.45, 2.75) is 20.4 Å². The number of pyridine rings is 2. The molecule has 4 rings (SSSR count). The van der Waals surface area contributed by atoms with Gasteiger partial charge in [-0.25, -0.2) is 4.79 Å². The third-order valence-electron chi connectivity index (χ3n) is 4.86. The predicted octanol–water partition coefficient (Wildman–Crippen LogP) is 4.25. The van der Waals surface area contributed by atoms with E-state index in [1.165, 1.54) is 4.68 Å². The quantitative estimate of drug-likeness (QED) is 0.544. The minimum atomic E-state index is -0.339. The summed E-state index contributed by atoms with van der Waals surface area (Å²) in [5.74, 6) is 0. The summed E-state index contributed by atoms with van der Waals surface area (Å²) in [6.07, 6.45) is 6.78. The number of hydrogen-bond donors (Lipinski definition) is 1. The van der Waals surface area contributed by atoms with Gasteiger partial charge in [0.15, 0.2) is 0 Å². The first-order valence-corrected chi connectivity index (χ1v) is 9.75. The lowest BCUT2D eigenvalue weighted by Gasteiger charge is -2.09. The number of nitriles is 1. The molecule has 0 unspecified atom stereocenters. The van der Waals surface area contributed by atoms with Crippen LogP contribution in [0.5, 0.6) is 0 Å². The van der Waals surface area contributed by atoms with Crippen LogP contribution in [-0.4, -0.2) is 25.8 Å². The second kappa shape index (κ2) is 8.59. The average molecular weight is 408 g/mol. The lowest BCUT2D eigenvalue weighted by atomic mass is 10.1. The number of amides is 1. The fourth-order valence-electron chi connectivity index (χ4n) is 3.33. The number of aryl methyl sites for hydroxylation is 2. The van der Waals surface area contributed by atoms with Crippen molar-refractivity contribution < 1.29 is 4.79 Å². The molecule has 1 N–H and O–H groups in total. The molecule has 7 heteroatoms. The van der Waals surface area contributed by atoms with E-state index in [-0.39, 0.29) is 6.03 Å². The molecule has 0 atom stereocenters. The molecule has 0 bridgehead atoms. The predicted molar refractivity (Wildman–Crippen MR) is 117 cm³/mol. The molecule has 4 aromatic rings. The third-order valence-corrected chi connectivity index (χ3v) is 4.86. The van der Waals surface area contributed by atoms with E-state index >= 15 is 0 Å². The van der Waals surface area contributed by atoms with Crippen molar-refractivity contribution in [1.29, 1.82) is 5.26 Å². The molecule has 152 valence electrons. The normalized spacial score (nSPS) is 10.5. The smallest absolute Gasteiger partial charge is 0.332 e. The van der Waals surface area contributed by atoms with Crippen LogP contribution >= 0.6 is 0 Å². The van der Waals surface area contributed by atoms with Gasteiger partial charge < -0.3 is 5.32 Å². The van der Waals surface area contributed by atoms with Gasteiger partial charge in [-0.3, -0.25) is 9.97 Å². The molecule has 0 saturated carbocycles. The van der Waals surface area contributed by atoms with Crippen LogP contribution in [0.1, 0.15) is 22.4 Å². The number of hydrogen-bond acceptors (Lipinski definition) is 5. The third kappa shape index (κ3) is 4.49. The van der Waals surface area contributed by atoms with Crippen LogP contribution in [0.15, 0.2) is 67.3 Å². The number of benzene rings is 1. The molecule has 3 aromatic heterocycles. The summed E-state index contributed by atoms with van der Waals surface area (Å²) in [5, 5.41) is 16.0. The summed E-state index contributed by atoms with van der Waals surface area (Å²) in [6, 6.07) is 14.9. The van der Waals surface area contributed by atoms with Crippen molar-refractivity contribution in [2.75, 3.05) is 0 Å². The molecule has 7 nitrogen and oxygen atoms in total. The summed E-state index contributed by atoms with van der Waals surface area (Å²) in [5.41, 5.74) is 6.94. The Kier molecular flexibility index (Phi) is 5.54. The summed E-state index contributed by atoms with van der Waals surface area (Å²) >= 11 is 0. The highest BCUT2D eigenvalue weighted by Crippen LogP contribution is 2.22. The molecule has 0 aliphatic carbocycles. The van der Waals surface area contributed by atoms with Gasteiger partial charge in [-0.05, 0) is 54.8 Å². The minimum absolute atomic E-state index is 0.335. The Morgan fingerprint density at radius 2 is 1.94 bits per heavy atom. The Bertz CT molecular complexity index is 1300. The highest BCUT2D eigenvalue weighted by Gasteiger charge is 2.10. The Hall–Kier alpha value is -4.31. The molecule has 0 aliphatic heterocycles. The average Bonchev–Trinajstić information content (AvgIpc) is 3.28. The van der Waals surface area contributed by atoms with E-state index in [2.05, 4.69) is 26.5 Å². The van der Waals surface area contributed by atoms with Gasteiger partial charge in [-0.2, -0.15) is 15.0 Å². The molecule has 31 heavy (non-hydrogen) atoms. The van der Waals surface area contributed by atoms with E-state index < -0.39 is 0 Å². The molecular formula is C24H20N6O. The Morgan fingerprint density at radius 3 is 2.71 bits per heavy atom. The summed E-state index contributed by atoms with van der Waals surface area (Å²) in [6.45, 7) is 4.28. The first kappa shape index (κ1) is 20.0. The summed E-state index contributed by atoms with van der Waals surface area (Å²) in [7, 11) is 0. The molecule has 1 aromatic carbocycles. The molecule has 0 saturated heterocycles. The van der Waals surface area contributed by atoms with E-state index in [0.717, 1.165) is 39.2 Å².